The van der Waals surface area contributed by atoms with Gasteiger partial charge in [0.1, 0.15) is 12.2 Å². The quantitative estimate of drug-likeness (QED) is 0.803. The molecule has 3 aromatic rings. The highest BCUT2D eigenvalue weighted by Gasteiger charge is 2.13. The number of hydrogen-bond donors (Lipinski definition) is 1. The van der Waals surface area contributed by atoms with Gasteiger partial charge < -0.3 is 14.3 Å². The van der Waals surface area contributed by atoms with Crippen molar-refractivity contribution in [3.8, 4) is 11.6 Å². The lowest BCUT2D eigenvalue weighted by Gasteiger charge is -2.08. The van der Waals surface area contributed by atoms with Crippen molar-refractivity contribution in [1.82, 2.24) is 14.8 Å². The molecule has 1 amide bonds. The van der Waals surface area contributed by atoms with Crippen molar-refractivity contribution in [3.63, 3.8) is 0 Å². The molecule has 6 nitrogen and oxygen atoms in total. The standard InChI is InChI=1S/C16H16N4O2/c1-11-5-7-13(8-6-11)17-15(21)10-20-9-3-4-14(20)16-19-18-12(2)22-16/h3-9H,10H2,1-2H3,(H,17,21). The van der Waals surface area contributed by atoms with Crippen molar-refractivity contribution < 1.29 is 9.21 Å². The van der Waals surface area contributed by atoms with Crippen LogP contribution in [0.15, 0.2) is 47.0 Å². The second-order valence-corrected chi connectivity index (χ2v) is 5.06. The number of benzene rings is 1. The molecule has 0 radical (unpaired) electrons. The average molecular weight is 296 g/mol. The maximum absolute atomic E-state index is 12.2. The van der Waals surface area contributed by atoms with E-state index >= 15 is 0 Å². The molecule has 0 saturated heterocycles. The lowest BCUT2D eigenvalue weighted by atomic mass is 10.2. The second-order valence-electron chi connectivity index (χ2n) is 5.06. The molecule has 22 heavy (non-hydrogen) atoms. The fourth-order valence-corrected chi connectivity index (χ4v) is 2.14. The smallest absolute Gasteiger partial charge is 0.264 e. The van der Waals surface area contributed by atoms with Gasteiger partial charge >= 0.3 is 0 Å². The van der Waals surface area contributed by atoms with E-state index in [1.165, 1.54) is 0 Å². The molecule has 2 aromatic heterocycles. The Morgan fingerprint density at radius 3 is 2.64 bits per heavy atom. The summed E-state index contributed by atoms with van der Waals surface area (Å²) in [6.45, 7) is 3.91. The summed E-state index contributed by atoms with van der Waals surface area (Å²) in [6.07, 6.45) is 1.81. The third kappa shape index (κ3) is 3.06. The molecule has 1 aromatic carbocycles. The molecule has 112 valence electrons. The van der Waals surface area contributed by atoms with Crippen LogP contribution in [0.25, 0.3) is 11.6 Å². The summed E-state index contributed by atoms with van der Waals surface area (Å²) in [6, 6.07) is 11.4. The van der Waals surface area contributed by atoms with Crippen molar-refractivity contribution in [2.45, 2.75) is 20.4 Å². The average Bonchev–Trinajstić information content (AvgIpc) is 3.10. The van der Waals surface area contributed by atoms with Crippen LogP contribution < -0.4 is 5.32 Å². The summed E-state index contributed by atoms with van der Waals surface area (Å²) in [5.74, 6) is 0.787. The Bertz CT molecular complexity index is 787. The van der Waals surface area contributed by atoms with Crippen LogP contribution in [0.1, 0.15) is 11.5 Å². The number of carbonyl (C=O) groups is 1. The summed E-state index contributed by atoms with van der Waals surface area (Å²) in [5, 5.41) is 10.7. The molecule has 0 saturated carbocycles. The van der Waals surface area contributed by atoms with E-state index in [1.54, 1.807) is 11.5 Å². The third-order valence-corrected chi connectivity index (χ3v) is 3.22. The fraction of sp³-hybridized carbons (Fsp3) is 0.188. The molecule has 0 atom stereocenters. The molecular weight excluding hydrogens is 280 g/mol. The van der Waals surface area contributed by atoms with Crippen molar-refractivity contribution in [2.24, 2.45) is 0 Å². The molecule has 3 rings (SSSR count). The zero-order valence-corrected chi connectivity index (χ0v) is 12.4. The van der Waals surface area contributed by atoms with Crippen molar-refractivity contribution in [1.29, 1.82) is 0 Å². The molecule has 0 unspecified atom stereocenters. The van der Waals surface area contributed by atoms with E-state index in [0.29, 0.717) is 11.8 Å². The topological polar surface area (TPSA) is 73.0 Å². The normalized spacial score (nSPS) is 10.6. The summed E-state index contributed by atoms with van der Waals surface area (Å²) in [5.41, 5.74) is 2.65. The maximum atomic E-state index is 12.2. The third-order valence-electron chi connectivity index (χ3n) is 3.22. The first kappa shape index (κ1) is 14.1. The number of hydrogen-bond acceptors (Lipinski definition) is 4. The number of nitrogens with one attached hydrogen (secondary N) is 1. The van der Waals surface area contributed by atoms with E-state index in [-0.39, 0.29) is 12.5 Å². The van der Waals surface area contributed by atoms with Crippen LogP contribution >= 0.6 is 0 Å². The largest absolute Gasteiger partial charge is 0.420 e. The van der Waals surface area contributed by atoms with Gasteiger partial charge in [-0.3, -0.25) is 4.79 Å². The summed E-state index contributed by atoms with van der Waals surface area (Å²) in [7, 11) is 0. The van der Waals surface area contributed by atoms with Gasteiger partial charge in [0.15, 0.2) is 0 Å². The lowest BCUT2D eigenvalue weighted by molar-refractivity contribution is -0.116. The minimum absolute atomic E-state index is 0.113. The molecule has 0 aliphatic heterocycles. The number of amides is 1. The minimum Gasteiger partial charge on any atom is -0.420 e. The van der Waals surface area contributed by atoms with Gasteiger partial charge in [0, 0.05) is 18.8 Å². The van der Waals surface area contributed by atoms with Crippen molar-refractivity contribution >= 4 is 11.6 Å². The van der Waals surface area contributed by atoms with Crippen LogP contribution in [-0.2, 0) is 11.3 Å². The summed E-state index contributed by atoms with van der Waals surface area (Å²) < 4.78 is 7.18. The van der Waals surface area contributed by atoms with E-state index in [9.17, 15) is 4.79 Å². The first-order valence-electron chi connectivity index (χ1n) is 6.94. The van der Waals surface area contributed by atoms with Crippen molar-refractivity contribution in [2.75, 3.05) is 5.32 Å². The Balaban J connectivity index is 1.72. The zero-order chi connectivity index (χ0) is 15.5. The molecule has 6 heteroatoms. The van der Waals surface area contributed by atoms with E-state index in [4.69, 9.17) is 4.42 Å². The summed E-state index contributed by atoms with van der Waals surface area (Å²) >= 11 is 0. The second kappa shape index (κ2) is 5.85. The number of nitrogens with zero attached hydrogens (tertiary/aromatic N) is 3. The van der Waals surface area contributed by atoms with Crippen LogP contribution in [0.2, 0.25) is 0 Å². The molecular formula is C16H16N4O2. The van der Waals surface area contributed by atoms with Gasteiger partial charge in [-0.1, -0.05) is 17.7 Å². The molecule has 0 spiro atoms. The SMILES string of the molecule is Cc1ccc(NC(=O)Cn2cccc2-c2nnc(C)o2)cc1. The van der Waals surface area contributed by atoms with Gasteiger partial charge in [0.25, 0.3) is 5.89 Å². The molecule has 0 fully saturated rings. The Hall–Kier alpha value is -2.89. The number of anilines is 1. The Labute approximate surface area is 127 Å². The van der Waals surface area contributed by atoms with E-state index in [2.05, 4.69) is 15.5 Å². The monoisotopic (exact) mass is 296 g/mol. The number of carbonyl (C=O) groups excluding carboxylic acids is 1. The van der Waals surface area contributed by atoms with E-state index in [0.717, 1.165) is 16.9 Å². The Morgan fingerprint density at radius 1 is 1.18 bits per heavy atom. The van der Waals surface area contributed by atoms with Crippen molar-refractivity contribution in [3.05, 3.63) is 54.0 Å². The number of aryl methyl sites for hydroxylation is 2. The zero-order valence-electron chi connectivity index (χ0n) is 12.4. The predicted octanol–water partition coefficient (Wildman–Crippen LogP) is 2.79. The Morgan fingerprint density at radius 2 is 1.95 bits per heavy atom. The molecule has 0 aliphatic rings. The Kier molecular flexibility index (Phi) is 3.74. The van der Waals surface area contributed by atoms with E-state index < -0.39 is 0 Å². The van der Waals surface area contributed by atoms with Crippen LogP contribution in [-0.4, -0.2) is 20.7 Å². The van der Waals surface area contributed by atoms with Crippen LogP contribution in [0, 0.1) is 13.8 Å². The highest BCUT2D eigenvalue weighted by atomic mass is 16.4. The number of rotatable bonds is 4. The molecule has 0 aliphatic carbocycles. The summed E-state index contributed by atoms with van der Waals surface area (Å²) in [4.78, 5) is 12.2. The van der Waals surface area contributed by atoms with Crippen LogP contribution in [0.4, 0.5) is 5.69 Å². The predicted molar refractivity (Wildman–Crippen MR) is 82.3 cm³/mol. The maximum Gasteiger partial charge on any atom is 0.264 e. The minimum atomic E-state index is -0.113. The van der Waals surface area contributed by atoms with Gasteiger partial charge in [-0.2, -0.15) is 0 Å². The van der Waals surface area contributed by atoms with Gasteiger partial charge in [-0.05, 0) is 31.2 Å². The lowest BCUT2D eigenvalue weighted by Crippen LogP contribution is -2.18. The molecule has 1 N–H and O–H groups in total. The van der Waals surface area contributed by atoms with Gasteiger partial charge in [0.05, 0.1) is 0 Å². The van der Waals surface area contributed by atoms with Crippen LogP contribution in [0.5, 0.6) is 0 Å². The van der Waals surface area contributed by atoms with E-state index in [1.807, 2.05) is 49.5 Å². The first-order chi connectivity index (χ1) is 10.6. The molecule has 2 heterocycles. The van der Waals surface area contributed by atoms with Crippen LogP contribution in [0.3, 0.4) is 0 Å². The highest BCUT2D eigenvalue weighted by Crippen LogP contribution is 2.18. The van der Waals surface area contributed by atoms with Gasteiger partial charge in [-0.25, -0.2) is 0 Å². The highest BCUT2D eigenvalue weighted by molar-refractivity contribution is 5.90. The first-order valence-corrected chi connectivity index (χ1v) is 6.94. The van der Waals surface area contributed by atoms with Gasteiger partial charge in [0.2, 0.25) is 11.8 Å². The fourth-order valence-electron chi connectivity index (χ4n) is 2.14. The molecule has 0 bridgehead atoms. The van der Waals surface area contributed by atoms with Gasteiger partial charge in [-0.15, -0.1) is 10.2 Å². The number of aromatic nitrogens is 3.